The molecule has 13 nitrogen and oxygen atoms in total. The highest BCUT2D eigenvalue weighted by Crippen LogP contribution is 2.44. The Bertz CT molecular complexity index is 1800. The number of benzene rings is 2. The molecule has 0 bridgehead atoms. The SMILES string of the molecule is COc1ccc(F)cc1C(=O)NCc1ccc(-c2nn(C(CCN(C)C(=O)n3cncn3)C3CC3)c3ncnc(N)c23)cc1. The first-order chi connectivity index (χ1) is 21.3. The first kappa shape index (κ1) is 28.7. The summed E-state index contributed by atoms with van der Waals surface area (Å²) in [4.78, 5) is 39.7. The van der Waals surface area contributed by atoms with Crippen LogP contribution in [0.4, 0.5) is 15.0 Å². The molecule has 1 aliphatic carbocycles. The number of carbonyl (C=O) groups is 2. The van der Waals surface area contributed by atoms with Crippen molar-refractivity contribution in [1.82, 2.24) is 44.7 Å². The number of nitrogens with zero attached hydrogens (tertiary/aromatic N) is 8. The Balaban J connectivity index is 1.22. The lowest BCUT2D eigenvalue weighted by Gasteiger charge is -2.22. The van der Waals surface area contributed by atoms with Crippen molar-refractivity contribution in [1.29, 1.82) is 0 Å². The molecule has 1 aliphatic rings. The van der Waals surface area contributed by atoms with Gasteiger partial charge in [0.2, 0.25) is 0 Å². The predicted molar refractivity (Wildman–Crippen MR) is 159 cm³/mol. The van der Waals surface area contributed by atoms with Gasteiger partial charge in [-0.15, -0.1) is 0 Å². The van der Waals surface area contributed by atoms with Crippen LogP contribution in [-0.4, -0.2) is 72.1 Å². The predicted octanol–water partition coefficient (Wildman–Crippen LogP) is 3.69. The first-order valence-corrected chi connectivity index (χ1v) is 14.1. The summed E-state index contributed by atoms with van der Waals surface area (Å²) in [5, 5.41) is 12.4. The van der Waals surface area contributed by atoms with Crippen molar-refractivity contribution in [2.24, 2.45) is 5.92 Å². The van der Waals surface area contributed by atoms with Crippen LogP contribution in [0.3, 0.4) is 0 Å². The fourth-order valence-electron chi connectivity index (χ4n) is 5.29. The Morgan fingerprint density at radius 1 is 1.16 bits per heavy atom. The minimum absolute atomic E-state index is 0.000784. The lowest BCUT2D eigenvalue weighted by atomic mass is 10.1. The van der Waals surface area contributed by atoms with Crippen molar-refractivity contribution in [2.75, 3.05) is 26.4 Å². The minimum atomic E-state index is -0.522. The summed E-state index contributed by atoms with van der Waals surface area (Å²) in [6, 6.07) is 11.1. The quantitative estimate of drug-likeness (QED) is 0.244. The van der Waals surface area contributed by atoms with Crippen molar-refractivity contribution in [3.05, 3.63) is 78.4 Å². The molecule has 44 heavy (non-hydrogen) atoms. The molecule has 3 aromatic heterocycles. The zero-order chi connectivity index (χ0) is 30.8. The van der Waals surface area contributed by atoms with E-state index in [0.29, 0.717) is 47.2 Å². The number of nitrogens with one attached hydrogen (secondary N) is 1. The lowest BCUT2D eigenvalue weighted by Crippen LogP contribution is -2.33. The van der Waals surface area contributed by atoms with E-state index in [0.717, 1.165) is 30.0 Å². The van der Waals surface area contributed by atoms with Gasteiger partial charge in [-0.3, -0.25) is 4.79 Å². The molecule has 1 atom stereocenters. The van der Waals surface area contributed by atoms with Crippen molar-refractivity contribution in [3.63, 3.8) is 0 Å². The van der Waals surface area contributed by atoms with Gasteiger partial charge < -0.3 is 20.7 Å². The molecular weight excluding hydrogens is 567 g/mol. The second-order valence-corrected chi connectivity index (χ2v) is 10.7. The number of nitrogen functional groups attached to an aromatic ring is 1. The molecule has 226 valence electrons. The van der Waals surface area contributed by atoms with E-state index in [1.807, 2.05) is 28.9 Å². The average Bonchev–Trinajstić information content (AvgIpc) is 3.57. The summed E-state index contributed by atoms with van der Waals surface area (Å²) in [5.74, 6) is 0.0510. The number of hydrogen-bond acceptors (Lipinski definition) is 9. The number of anilines is 1. The first-order valence-electron chi connectivity index (χ1n) is 14.1. The fourth-order valence-corrected chi connectivity index (χ4v) is 5.29. The van der Waals surface area contributed by atoms with E-state index in [9.17, 15) is 14.0 Å². The van der Waals surface area contributed by atoms with Gasteiger partial charge in [-0.1, -0.05) is 24.3 Å². The number of methoxy groups -OCH3 is 1. The third-order valence-corrected chi connectivity index (χ3v) is 7.79. The van der Waals surface area contributed by atoms with Crippen molar-refractivity contribution in [2.45, 2.75) is 31.8 Å². The maximum Gasteiger partial charge on any atom is 0.345 e. The largest absolute Gasteiger partial charge is 0.496 e. The fraction of sp³-hybridized carbons (Fsp3) is 0.300. The number of halogens is 1. The van der Waals surface area contributed by atoms with Gasteiger partial charge in [0.1, 0.15) is 42.1 Å². The summed E-state index contributed by atoms with van der Waals surface area (Å²) in [6.07, 6.45) is 6.92. The van der Waals surface area contributed by atoms with Crippen LogP contribution >= 0.6 is 0 Å². The van der Waals surface area contributed by atoms with Crippen LogP contribution in [0.5, 0.6) is 5.75 Å². The van der Waals surface area contributed by atoms with E-state index in [1.54, 1.807) is 11.9 Å². The molecule has 1 saturated carbocycles. The molecule has 5 aromatic rings. The Morgan fingerprint density at radius 2 is 1.95 bits per heavy atom. The maximum atomic E-state index is 13.7. The van der Waals surface area contributed by atoms with Crippen LogP contribution < -0.4 is 15.8 Å². The van der Waals surface area contributed by atoms with Gasteiger partial charge in [-0.25, -0.2) is 28.8 Å². The smallest absolute Gasteiger partial charge is 0.345 e. The number of aromatic nitrogens is 7. The van der Waals surface area contributed by atoms with E-state index in [4.69, 9.17) is 15.6 Å². The lowest BCUT2D eigenvalue weighted by molar-refractivity contribution is 0.0947. The zero-order valence-electron chi connectivity index (χ0n) is 24.2. The number of fused-ring (bicyclic) bond motifs is 1. The standard InChI is InChI=1S/C30H31FN10O3/c1-39(30(43)40-17-33-15-37-40)12-11-23(19-7-8-19)41-28-25(27(32)35-16-36-28)26(38-41)20-5-3-18(4-6-20)14-34-29(42)22-13-21(31)9-10-24(22)44-2/h3-6,9-10,13,15-17,19,23H,7-8,11-12,14H2,1-2H3,(H,34,42)(H2,32,35,36). The van der Waals surface area contributed by atoms with E-state index in [-0.39, 0.29) is 24.2 Å². The van der Waals surface area contributed by atoms with Gasteiger partial charge in [0, 0.05) is 25.7 Å². The normalized spacial score (nSPS) is 13.5. The molecule has 3 heterocycles. The summed E-state index contributed by atoms with van der Waals surface area (Å²) in [7, 11) is 3.16. The van der Waals surface area contributed by atoms with Crippen LogP contribution in [0.25, 0.3) is 22.3 Å². The monoisotopic (exact) mass is 598 g/mol. The maximum absolute atomic E-state index is 13.7. The molecule has 3 N–H and O–H groups in total. The van der Waals surface area contributed by atoms with E-state index in [1.165, 1.54) is 42.9 Å². The van der Waals surface area contributed by atoms with Gasteiger partial charge in [0.05, 0.1) is 24.1 Å². The molecule has 0 aliphatic heterocycles. The number of amides is 2. The summed E-state index contributed by atoms with van der Waals surface area (Å²) in [6.45, 7) is 0.711. The van der Waals surface area contributed by atoms with Gasteiger partial charge in [0.15, 0.2) is 5.65 Å². The summed E-state index contributed by atoms with van der Waals surface area (Å²) < 4.78 is 22.1. The molecule has 1 fully saturated rings. The van der Waals surface area contributed by atoms with Crippen LogP contribution in [0.15, 0.2) is 61.4 Å². The van der Waals surface area contributed by atoms with Crippen molar-refractivity contribution < 1.29 is 18.7 Å². The van der Waals surface area contributed by atoms with Crippen LogP contribution in [0, 0.1) is 11.7 Å². The Hall–Kier alpha value is -5.40. The molecule has 0 radical (unpaired) electrons. The number of carbonyl (C=O) groups excluding carboxylic acids is 2. The molecule has 1 unspecified atom stereocenters. The molecule has 0 saturated heterocycles. The molecule has 2 aromatic carbocycles. The van der Waals surface area contributed by atoms with Crippen LogP contribution in [0.2, 0.25) is 0 Å². The molecule has 0 spiro atoms. The zero-order valence-corrected chi connectivity index (χ0v) is 24.2. The number of nitrogens with two attached hydrogens (primary N) is 1. The van der Waals surface area contributed by atoms with Crippen molar-refractivity contribution >= 4 is 28.8 Å². The number of ether oxygens (including phenoxy) is 1. The van der Waals surface area contributed by atoms with E-state index in [2.05, 4.69) is 25.4 Å². The molecule has 2 amide bonds. The summed E-state index contributed by atoms with van der Waals surface area (Å²) >= 11 is 0. The number of hydrogen-bond donors (Lipinski definition) is 2. The van der Waals surface area contributed by atoms with Gasteiger partial charge in [-0.2, -0.15) is 14.9 Å². The van der Waals surface area contributed by atoms with Gasteiger partial charge in [-0.05, 0) is 48.9 Å². The van der Waals surface area contributed by atoms with E-state index < -0.39 is 11.7 Å². The van der Waals surface area contributed by atoms with Gasteiger partial charge in [0.25, 0.3) is 5.91 Å². The van der Waals surface area contributed by atoms with E-state index >= 15 is 0 Å². The Morgan fingerprint density at radius 3 is 2.66 bits per heavy atom. The topological polar surface area (TPSA) is 159 Å². The Kier molecular flexibility index (Phi) is 7.87. The molecule has 14 heteroatoms. The second kappa shape index (κ2) is 12.1. The Labute approximate surface area is 251 Å². The third kappa shape index (κ3) is 5.78. The average molecular weight is 599 g/mol. The second-order valence-electron chi connectivity index (χ2n) is 10.7. The minimum Gasteiger partial charge on any atom is -0.496 e. The van der Waals surface area contributed by atoms with Crippen LogP contribution in [-0.2, 0) is 6.54 Å². The van der Waals surface area contributed by atoms with Gasteiger partial charge >= 0.3 is 6.03 Å². The van der Waals surface area contributed by atoms with Crippen molar-refractivity contribution in [3.8, 4) is 17.0 Å². The highest BCUT2D eigenvalue weighted by Gasteiger charge is 2.35. The highest BCUT2D eigenvalue weighted by molar-refractivity contribution is 5.98. The highest BCUT2D eigenvalue weighted by atomic mass is 19.1. The summed E-state index contributed by atoms with van der Waals surface area (Å²) in [5.41, 5.74) is 9.41. The molecular formula is C30H31FN10O3. The van der Waals surface area contributed by atoms with Crippen LogP contribution in [0.1, 0.15) is 41.2 Å². The number of rotatable bonds is 10. The molecule has 6 rings (SSSR count). The third-order valence-electron chi connectivity index (χ3n) is 7.79.